The number of nitrogens with zero attached hydrogens (tertiary/aromatic N) is 3. The maximum absolute atomic E-state index is 14.0. The van der Waals surface area contributed by atoms with E-state index in [9.17, 15) is 41.7 Å². The molecule has 4 rings (SSSR count). The van der Waals surface area contributed by atoms with Gasteiger partial charge in [-0.25, -0.2) is 0 Å². The highest BCUT2D eigenvalue weighted by molar-refractivity contribution is 5.94. The average Bonchev–Trinajstić information content (AvgIpc) is 3.12. The van der Waals surface area contributed by atoms with E-state index in [1.54, 1.807) is 24.3 Å². The Hall–Kier alpha value is -4.77. The molecule has 1 aliphatic carbocycles. The van der Waals surface area contributed by atoms with Crippen LogP contribution < -0.4 is 15.2 Å². The summed E-state index contributed by atoms with van der Waals surface area (Å²) in [7, 11) is 0. The van der Waals surface area contributed by atoms with Gasteiger partial charge in [-0.2, -0.15) is 36.9 Å². The maximum Gasteiger partial charge on any atom is 0.416 e. The molecule has 11 heteroatoms. The zero-order valence-electron chi connectivity index (χ0n) is 31.5. The fourth-order valence-electron chi connectivity index (χ4n) is 6.72. The Labute approximate surface area is 313 Å². The van der Waals surface area contributed by atoms with E-state index in [0.717, 1.165) is 51.4 Å². The summed E-state index contributed by atoms with van der Waals surface area (Å²) in [5, 5.41) is 20.8. The van der Waals surface area contributed by atoms with Gasteiger partial charge >= 0.3 is 12.4 Å². The van der Waals surface area contributed by atoms with Gasteiger partial charge in [-0.1, -0.05) is 79.2 Å². The predicted octanol–water partition coefficient (Wildman–Crippen LogP) is 10.8. The van der Waals surface area contributed by atoms with E-state index >= 15 is 0 Å². The van der Waals surface area contributed by atoms with Crippen molar-refractivity contribution in [1.29, 1.82) is 10.5 Å². The molecule has 3 aromatic rings. The lowest BCUT2D eigenvalue weighted by atomic mass is 9.75. The second-order valence-corrected chi connectivity index (χ2v) is 15.0. The average molecular weight is 752 g/mol. The molecule has 0 aromatic heterocycles. The van der Waals surface area contributed by atoms with Gasteiger partial charge in [0.25, 0.3) is 5.91 Å². The summed E-state index contributed by atoms with van der Waals surface area (Å²) in [6, 6.07) is 12.9. The zero-order chi connectivity index (χ0) is 39.8. The number of hydrogen-bond acceptors (Lipinski definition) is 4. The van der Waals surface area contributed by atoms with E-state index in [2.05, 4.69) is 13.8 Å². The van der Waals surface area contributed by atoms with E-state index in [1.165, 1.54) is 6.07 Å². The van der Waals surface area contributed by atoms with Crippen LogP contribution in [0, 0.1) is 34.0 Å². The number of ether oxygens (including phenoxy) is 1. The highest BCUT2D eigenvalue weighted by Gasteiger charge is 2.38. The van der Waals surface area contributed by atoms with Crippen molar-refractivity contribution in [3.8, 4) is 29.0 Å². The second-order valence-electron chi connectivity index (χ2n) is 15.0. The summed E-state index contributed by atoms with van der Waals surface area (Å²) in [4.78, 5) is 15.6. The number of nitriles is 2. The third kappa shape index (κ3) is 10.3. The maximum atomic E-state index is 14.0. The molecule has 0 spiro atoms. The van der Waals surface area contributed by atoms with Gasteiger partial charge in [0.15, 0.2) is 0 Å². The van der Waals surface area contributed by atoms with E-state index in [4.69, 9.17) is 4.74 Å². The number of benzene rings is 3. The van der Waals surface area contributed by atoms with Crippen LogP contribution in [0.1, 0.15) is 125 Å². The molecule has 54 heavy (non-hydrogen) atoms. The van der Waals surface area contributed by atoms with Crippen molar-refractivity contribution in [2.45, 2.75) is 105 Å². The highest BCUT2D eigenvalue weighted by Crippen LogP contribution is 2.40. The Bertz CT molecular complexity index is 1970. The molecule has 1 unspecified atom stereocenters. The number of carbonyl (C=O) groups excluding carboxylic acids is 1. The Morgan fingerprint density at radius 2 is 1.35 bits per heavy atom. The molecule has 5 nitrogen and oxygen atoms in total. The minimum atomic E-state index is -5.14. The van der Waals surface area contributed by atoms with Crippen LogP contribution in [0.2, 0.25) is 0 Å². The molecule has 0 saturated heterocycles. The van der Waals surface area contributed by atoms with Gasteiger partial charge in [-0.15, -0.1) is 0 Å². The molecule has 288 valence electrons. The molecule has 0 fully saturated rings. The fourth-order valence-corrected chi connectivity index (χ4v) is 6.72. The van der Waals surface area contributed by atoms with E-state index < -0.39 is 29.0 Å². The van der Waals surface area contributed by atoms with Crippen molar-refractivity contribution in [2.24, 2.45) is 11.3 Å². The molecule has 0 heterocycles. The Morgan fingerprint density at radius 1 is 0.796 bits per heavy atom. The third-order valence-electron chi connectivity index (χ3n) is 9.84. The first kappa shape index (κ1) is 42.0. The first-order valence-corrected chi connectivity index (χ1v) is 18.5. The summed E-state index contributed by atoms with van der Waals surface area (Å²) < 4.78 is 90.7. The predicted molar refractivity (Wildman–Crippen MR) is 197 cm³/mol. The zero-order valence-corrected chi connectivity index (χ0v) is 31.5. The van der Waals surface area contributed by atoms with Gasteiger partial charge in [0.05, 0.1) is 22.3 Å². The Balaban J connectivity index is 1.89. The number of hydrogen-bond donors (Lipinski definition) is 0. The SMILES string of the molecule is CCCCCCN(CCCCCC)C(=O)c1ccc(OC2=c3c(-c4cc(C(F)(F)F)cc(C(F)(F)F)c4)c(C#N)c(C#N)cc3=CC(C(C)(C)C)C2)cc1. The number of fused-ring (bicyclic) bond motifs is 1. The van der Waals surface area contributed by atoms with Crippen molar-refractivity contribution in [1.82, 2.24) is 4.90 Å². The standard InChI is InChI=1S/C43H47F6N3O2/c1-6-8-10-12-18-52(19-13-11-9-7-2)40(53)28-14-16-35(17-15-28)54-37-25-32(41(3,4)5)21-29-20-31(26-50)36(27-51)38(39(29)37)30-22-33(42(44,45)46)24-34(23-30)43(47,48)49/h14-17,20-24,32H,6-13,18-19,25H2,1-5H3. The van der Waals surface area contributed by atoms with Gasteiger partial charge in [0.1, 0.15) is 23.6 Å². The number of rotatable bonds is 14. The van der Waals surface area contributed by atoms with Crippen LogP contribution in [0.5, 0.6) is 5.75 Å². The van der Waals surface area contributed by atoms with Crippen LogP contribution in [-0.2, 0) is 12.4 Å². The molecule has 0 radical (unpaired) electrons. The first-order valence-electron chi connectivity index (χ1n) is 18.5. The lowest BCUT2D eigenvalue weighted by Crippen LogP contribution is -2.39. The van der Waals surface area contributed by atoms with Gasteiger partial charge in [-0.3, -0.25) is 4.79 Å². The van der Waals surface area contributed by atoms with Crippen LogP contribution in [0.15, 0.2) is 48.5 Å². The van der Waals surface area contributed by atoms with Crippen LogP contribution in [-0.4, -0.2) is 23.9 Å². The summed E-state index contributed by atoms with van der Waals surface area (Å²) >= 11 is 0. The number of amides is 1. The molecule has 3 aromatic carbocycles. The van der Waals surface area contributed by atoms with Gasteiger partial charge in [0.2, 0.25) is 0 Å². The molecule has 1 aliphatic rings. The van der Waals surface area contributed by atoms with E-state index in [-0.39, 0.29) is 63.1 Å². The lowest BCUT2D eigenvalue weighted by molar-refractivity contribution is -0.143. The quantitative estimate of drug-likeness (QED) is 0.121. The molecule has 1 atom stereocenters. The molecule has 0 aliphatic heterocycles. The lowest BCUT2D eigenvalue weighted by Gasteiger charge is -2.32. The Morgan fingerprint density at radius 3 is 1.81 bits per heavy atom. The van der Waals surface area contributed by atoms with E-state index in [0.29, 0.717) is 36.0 Å². The third-order valence-corrected chi connectivity index (χ3v) is 9.84. The molecule has 0 saturated carbocycles. The Kier molecular flexibility index (Phi) is 13.7. The molecule has 0 N–H and O–H groups in total. The topological polar surface area (TPSA) is 77.1 Å². The number of halogens is 6. The van der Waals surface area contributed by atoms with Crippen LogP contribution >= 0.6 is 0 Å². The summed E-state index contributed by atoms with van der Waals surface area (Å²) in [6.07, 6.45) is -0.0724. The summed E-state index contributed by atoms with van der Waals surface area (Å²) in [6.45, 7) is 11.5. The van der Waals surface area contributed by atoms with Crippen molar-refractivity contribution < 1.29 is 35.9 Å². The number of carbonyl (C=O) groups is 1. The number of alkyl halides is 6. The largest absolute Gasteiger partial charge is 0.461 e. The normalized spacial score (nSPS) is 14.5. The fraction of sp³-hybridized carbons (Fsp3) is 0.465. The summed E-state index contributed by atoms with van der Waals surface area (Å²) in [5.41, 5.74) is -4.36. The minimum Gasteiger partial charge on any atom is -0.461 e. The van der Waals surface area contributed by atoms with Crippen molar-refractivity contribution >= 4 is 17.7 Å². The monoisotopic (exact) mass is 751 g/mol. The molecular formula is C43H47F6N3O2. The van der Waals surface area contributed by atoms with Crippen LogP contribution in [0.3, 0.4) is 0 Å². The van der Waals surface area contributed by atoms with Crippen molar-refractivity contribution in [3.63, 3.8) is 0 Å². The van der Waals surface area contributed by atoms with Crippen LogP contribution in [0.4, 0.5) is 26.3 Å². The van der Waals surface area contributed by atoms with Crippen molar-refractivity contribution in [2.75, 3.05) is 13.1 Å². The smallest absolute Gasteiger partial charge is 0.416 e. The first-order chi connectivity index (χ1) is 25.4. The summed E-state index contributed by atoms with van der Waals surface area (Å²) in [5.74, 6) is 0.160. The van der Waals surface area contributed by atoms with Gasteiger partial charge < -0.3 is 9.64 Å². The second kappa shape index (κ2) is 17.6. The molecule has 1 amide bonds. The number of unbranched alkanes of at least 4 members (excludes halogenated alkanes) is 6. The van der Waals surface area contributed by atoms with Crippen molar-refractivity contribution in [3.05, 3.63) is 86.8 Å². The highest BCUT2D eigenvalue weighted by atomic mass is 19.4. The van der Waals surface area contributed by atoms with E-state index in [1.807, 2.05) is 43.9 Å². The van der Waals surface area contributed by atoms with Gasteiger partial charge in [-0.05, 0) is 83.5 Å². The van der Waals surface area contributed by atoms with Gasteiger partial charge in [0, 0.05) is 35.9 Å². The minimum absolute atomic E-state index is 0.0272. The molecule has 0 bridgehead atoms. The molecular weight excluding hydrogens is 704 g/mol. The van der Waals surface area contributed by atoms with Crippen LogP contribution in [0.25, 0.3) is 23.0 Å².